The SMILES string of the molecule is CCNC(=NCc1ccc(C)cc1)NCC.I. The lowest BCUT2D eigenvalue weighted by molar-refractivity contribution is 0.839. The number of benzene rings is 1. The standard InChI is InChI=1S/C13H21N3.HI/c1-4-14-13(15-5-2)16-10-12-8-6-11(3)7-9-12;/h6-9H,4-5,10H2,1-3H3,(H2,14,15,16);1H. The van der Waals surface area contributed by atoms with Gasteiger partial charge in [0.25, 0.3) is 0 Å². The van der Waals surface area contributed by atoms with Gasteiger partial charge in [0.2, 0.25) is 0 Å². The summed E-state index contributed by atoms with van der Waals surface area (Å²) in [6, 6.07) is 8.47. The molecule has 0 atom stereocenters. The van der Waals surface area contributed by atoms with Crippen LogP contribution in [0.1, 0.15) is 25.0 Å². The molecule has 17 heavy (non-hydrogen) atoms. The van der Waals surface area contributed by atoms with Gasteiger partial charge in [-0.15, -0.1) is 24.0 Å². The molecule has 4 heteroatoms. The number of halogens is 1. The van der Waals surface area contributed by atoms with Crippen molar-refractivity contribution in [2.45, 2.75) is 27.3 Å². The Balaban J connectivity index is 0.00000256. The smallest absolute Gasteiger partial charge is 0.191 e. The molecule has 0 amide bonds. The van der Waals surface area contributed by atoms with Crippen LogP contribution in [0.15, 0.2) is 29.3 Å². The van der Waals surface area contributed by atoms with E-state index in [0.29, 0.717) is 0 Å². The Morgan fingerprint density at radius 3 is 2.06 bits per heavy atom. The van der Waals surface area contributed by atoms with Gasteiger partial charge in [0.15, 0.2) is 5.96 Å². The summed E-state index contributed by atoms with van der Waals surface area (Å²) < 4.78 is 0. The van der Waals surface area contributed by atoms with E-state index in [-0.39, 0.29) is 24.0 Å². The summed E-state index contributed by atoms with van der Waals surface area (Å²) >= 11 is 0. The predicted molar refractivity (Wildman–Crippen MR) is 85.1 cm³/mol. The molecule has 0 heterocycles. The first-order chi connectivity index (χ1) is 7.76. The number of aliphatic imine (C=N–C) groups is 1. The van der Waals surface area contributed by atoms with Gasteiger partial charge in [-0.05, 0) is 26.3 Å². The first kappa shape index (κ1) is 16.2. The molecule has 1 aromatic rings. The Bertz CT molecular complexity index is 325. The van der Waals surface area contributed by atoms with Crippen molar-refractivity contribution in [3.05, 3.63) is 35.4 Å². The number of aryl methyl sites for hydroxylation is 1. The van der Waals surface area contributed by atoms with E-state index >= 15 is 0 Å². The number of nitrogens with zero attached hydrogens (tertiary/aromatic N) is 1. The summed E-state index contributed by atoms with van der Waals surface area (Å²) in [4.78, 5) is 4.50. The molecule has 0 aliphatic rings. The number of hydrogen-bond donors (Lipinski definition) is 2. The van der Waals surface area contributed by atoms with Crippen molar-refractivity contribution >= 4 is 29.9 Å². The Labute approximate surface area is 121 Å². The first-order valence-electron chi connectivity index (χ1n) is 5.84. The Morgan fingerprint density at radius 1 is 1.06 bits per heavy atom. The molecule has 0 aliphatic heterocycles. The fourth-order valence-electron chi connectivity index (χ4n) is 1.37. The molecule has 0 aliphatic carbocycles. The highest BCUT2D eigenvalue weighted by Gasteiger charge is 1.95. The molecule has 0 fully saturated rings. The normalized spacial score (nSPS) is 9.12. The molecule has 0 saturated carbocycles. The van der Waals surface area contributed by atoms with Crippen LogP contribution < -0.4 is 10.6 Å². The maximum atomic E-state index is 4.50. The third kappa shape index (κ3) is 6.51. The van der Waals surface area contributed by atoms with Crippen molar-refractivity contribution in [1.29, 1.82) is 0 Å². The second kappa shape index (κ2) is 9.27. The van der Waals surface area contributed by atoms with Crippen molar-refractivity contribution in [2.24, 2.45) is 4.99 Å². The van der Waals surface area contributed by atoms with Crippen molar-refractivity contribution in [3.63, 3.8) is 0 Å². The molecule has 96 valence electrons. The first-order valence-corrected chi connectivity index (χ1v) is 5.84. The van der Waals surface area contributed by atoms with Gasteiger partial charge in [-0.1, -0.05) is 29.8 Å². The van der Waals surface area contributed by atoms with E-state index in [1.54, 1.807) is 0 Å². The zero-order chi connectivity index (χ0) is 11.8. The molecule has 1 rings (SSSR count). The highest BCUT2D eigenvalue weighted by Crippen LogP contribution is 2.04. The minimum atomic E-state index is 0. The van der Waals surface area contributed by atoms with Crippen LogP contribution in [-0.2, 0) is 6.54 Å². The summed E-state index contributed by atoms with van der Waals surface area (Å²) in [7, 11) is 0. The Morgan fingerprint density at radius 2 is 1.59 bits per heavy atom. The van der Waals surface area contributed by atoms with Crippen LogP contribution in [0.2, 0.25) is 0 Å². The van der Waals surface area contributed by atoms with E-state index in [4.69, 9.17) is 0 Å². The summed E-state index contributed by atoms with van der Waals surface area (Å²) in [6.07, 6.45) is 0. The fraction of sp³-hybridized carbons (Fsp3) is 0.462. The van der Waals surface area contributed by atoms with Crippen LogP contribution >= 0.6 is 24.0 Å². The second-order valence-electron chi connectivity index (χ2n) is 3.71. The van der Waals surface area contributed by atoms with Gasteiger partial charge in [-0.2, -0.15) is 0 Å². The molecular formula is C13H22IN3. The van der Waals surface area contributed by atoms with Gasteiger partial charge in [-0.25, -0.2) is 4.99 Å². The minimum absolute atomic E-state index is 0. The number of hydrogen-bond acceptors (Lipinski definition) is 1. The lowest BCUT2D eigenvalue weighted by Gasteiger charge is -2.09. The maximum absolute atomic E-state index is 4.50. The van der Waals surface area contributed by atoms with Crippen LogP contribution in [0.5, 0.6) is 0 Å². The van der Waals surface area contributed by atoms with E-state index in [2.05, 4.69) is 60.7 Å². The zero-order valence-electron chi connectivity index (χ0n) is 10.8. The number of rotatable bonds is 4. The average molecular weight is 347 g/mol. The lowest BCUT2D eigenvalue weighted by Crippen LogP contribution is -2.36. The van der Waals surface area contributed by atoms with Crippen molar-refractivity contribution in [1.82, 2.24) is 10.6 Å². The van der Waals surface area contributed by atoms with Crippen LogP contribution in [-0.4, -0.2) is 19.0 Å². The molecule has 1 aromatic carbocycles. The summed E-state index contributed by atoms with van der Waals surface area (Å²) in [6.45, 7) is 8.72. The molecule has 0 spiro atoms. The molecule has 3 nitrogen and oxygen atoms in total. The molecular weight excluding hydrogens is 325 g/mol. The van der Waals surface area contributed by atoms with Crippen molar-refractivity contribution in [2.75, 3.05) is 13.1 Å². The third-order valence-corrected chi connectivity index (χ3v) is 2.23. The Kier molecular flexibility index (Phi) is 8.85. The van der Waals surface area contributed by atoms with E-state index < -0.39 is 0 Å². The van der Waals surface area contributed by atoms with E-state index in [9.17, 15) is 0 Å². The molecule has 0 aromatic heterocycles. The van der Waals surface area contributed by atoms with Crippen LogP contribution in [0.3, 0.4) is 0 Å². The van der Waals surface area contributed by atoms with Crippen LogP contribution in [0.25, 0.3) is 0 Å². The number of nitrogens with one attached hydrogen (secondary N) is 2. The Hall–Kier alpha value is -0.780. The van der Waals surface area contributed by atoms with Gasteiger partial charge in [-0.3, -0.25) is 0 Å². The molecule has 0 saturated heterocycles. The van der Waals surface area contributed by atoms with Crippen molar-refractivity contribution < 1.29 is 0 Å². The van der Waals surface area contributed by atoms with E-state index in [1.807, 2.05) is 0 Å². The largest absolute Gasteiger partial charge is 0.357 e. The highest BCUT2D eigenvalue weighted by molar-refractivity contribution is 14.0. The molecule has 2 N–H and O–H groups in total. The summed E-state index contributed by atoms with van der Waals surface area (Å²) in [5.74, 6) is 0.880. The fourth-order valence-corrected chi connectivity index (χ4v) is 1.37. The van der Waals surface area contributed by atoms with Crippen LogP contribution in [0.4, 0.5) is 0 Å². The molecule has 0 radical (unpaired) electrons. The molecule has 0 bridgehead atoms. The van der Waals surface area contributed by atoms with Crippen LogP contribution in [0, 0.1) is 6.92 Å². The average Bonchev–Trinajstić information content (AvgIpc) is 2.29. The van der Waals surface area contributed by atoms with Gasteiger partial charge in [0.1, 0.15) is 0 Å². The highest BCUT2D eigenvalue weighted by atomic mass is 127. The third-order valence-electron chi connectivity index (χ3n) is 2.23. The summed E-state index contributed by atoms with van der Waals surface area (Å²) in [5.41, 5.74) is 2.52. The van der Waals surface area contributed by atoms with Gasteiger partial charge < -0.3 is 10.6 Å². The molecule has 0 unspecified atom stereocenters. The zero-order valence-corrected chi connectivity index (χ0v) is 13.1. The van der Waals surface area contributed by atoms with Gasteiger partial charge in [0.05, 0.1) is 6.54 Å². The quantitative estimate of drug-likeness (QED) is 0.499. The summed E-state index contributed by atoms with van der Waals surface area (Å²) in [5, 5.41) is 6.41. The maximum Gasteiger partial charge on any atom is 0.191 e. The van der Waals surface area contributed by atoms with E-state index in [0.717, 1.165) is 25.6 Å². The predicted octanol–water partition coefficient (Wildman–Crippen LogP) is 2.69. The van der Waals surface area contributed by atoms with Gasteiger partial charge in [0, 0.05) is 13.1 Å². The minimum Gasteiger partial charge on any atom is -0.357 e. The topological polar surface area (TPSA) is 36.4 Å². The number of guanidine groups is 1. The van der Waals surface area contributed by atoms with Gasteiger partial charge >= 0.3 is 0 Å². The lowest BCUT2D eigenvalue weighted by atomic mass is 10.1. The van der Waals surface area contributed by atoms with Crippen molar-refractivity contribution in [3.8, 4) is 0 Å². The van der Waals surface area contributed by atoms with E-state index in [1.165, 1.54) is 11.1 Å². The second-order valence-corrected chi connectivity index (χ2v) is 3.71. The monoisotopic (exact) mass is 347 g/mol.